The van der Waals surface area contributed by atoms with Crippen molar-refractivity contribution in [1.82, 2.24) is 20.2 Å². The summed E-state index contributed by atoms with van der Waals surface area (Å²) in [4.78, 5) is 37.0. The third kappa shape index (κ3) is 7.64. The van der Waals surface area contributed by atoms with Crippen molar-refractivity contribution in [1.29, 1.82) is 0 Å². The van der Waals surface area contributed by atoms with Crippen molar-refractivity contribution in [2.75, 3.05) is 50.5 Å². The molecule has 1 unspecified atom stereocenters. The molecule has 29 heavy (non-hydrogen) atoms. The van der Waals surface area contributed by atoms with E-state index in [1.807, 2.05) is 18.7 Å². The molecule has 2 rings (SSSR count). The quantitative estimate of drug-likeness (QED) is 0.256. The van der Waals surface area contributed by atoms with Crippen molar-refractivity contribution in [2.24, 2.45) is 0 Å². The number of thioether (sulfide) groups is 1. The van der Waals surface area contributed by atoms with Crippen LogP contribution < -0.4 is 10.2 Å². The average molecular weight is 444 g/mol. The van der Waals surface area contributed by atoms with Gasteiger partial charge in [0.2, 0.25) is 11.8 Å². The van der Waals surface area contributed by atoms with E-state index in [2.05, 4.69) is 20.2 Å². The van der Waals surface area contributed by atoms with Crippen LogP contribution >= 0.6 is 23.4 Å². The van der Waals surface area contributed by atoms with E-state index in [1.165, 1.54) is 11.8 Å². The van der Waals surface area contributed by atoms with Gasteiger partial charge in [0.25, 0.3) is 0 Å². The number of halogens is 1. The van der Waals surface area contributed by atoms with E-state index in [9.17, 15) is 9.59 Å². The van der Waals surface area contributed by atoms with E-state index < -0.39 is 0 Å². The number of anilines is 1. The van der Waals surface area contributed by atoms with Crippen molar-refractivity contribution >= 4 is 41.0 Å². The number of amides is 2. The predicted octanol–water partition coefficient (Wildman–Crippen LogP) is 2.21. The van der Waals surface area contributed by atoms with Gasteiger partial charge in [0.05, 0.1) is 5.75 Å². The summed E-state index contributed by atoms with van der Waals surface area (Å²) in [6, 6.07) is 1.83. The van der Waals surface area contributed by atoms with E-state index in [1.54, 1.807) is 13.2 Å². The maximum atomic E-state index is 12.2. The fourth-order valence-electron chi connectivity index (χ4n) is 3.13. The number of hydrogen-bond donors (Lipinski definition) is 1. The Bertz CT molecular complexity index is 694. The normalized spacial score (nSPS) is 16.8. The first-order valence-corrected chi connectivity index (χ1v) is 11.3. The standard InChI is InChI=1S/C19H30ClN5O3S/c1-4-6-18(27)25-9-8-24(12-14(25)2)16-11-15(20)22-19(23-16)29-13-17(26)21-7-5-10-28-3/h11,14H,4-10,12-13H2,1-3H3,(H,21,26). The van der Waals surface area contributed by atoms with Gasteiger partial charge < -0.3 is 19.9 Å². The lowest BCUT2D eigenvalue weighted by Crippen LogP contribution is -2.54. The van der Waals surface area contributed by atoms with Crippen molar-refractivity contribution in [3.05, 3.63) is 11.2 Å². The molecule has 1 aliphatic rings. The third-order valence-electron chi connectivity index (χ3n) is 4.58. The Morgan fingerprint density at radius 3 is 2.86 bits per heavy atom. The molecule has 1 aromatic heterocycles. The van der Waals surface area contributed by atoms with E-state index >= 15 is 0 Å². The second kappa shape index (κ2) is 12.2. The number of hydrogen-bond acceptors (Lipinski definition) is 7. The molecule has 2 heterocycles. The van der Waals surface area contributed by atoms with Gasteiger partial charge in [0.15, 0.2) is 5.16 Å². The van der Waals surface area contributed by atoms with E-state index in [0.29, 0.717) is 49.5 Å². The minimum Gasteiger partial charge on any atom is -0.385 e. The van der Waals surface area contributed by atoms with Crippen molar-refractivity contribution in [3.8, 4) is 0 Å². The average Bonchev–Trinajstić information content (AvgIpc) is 2.69. The largest absolute Gasteiger partial charge is 0.385 e. The van der Waals surface area contributed by atoms with Gasteiger partial charge in [-0.05, 0) is 19.8 Å². The van der Waals surface area contributed by atoms with Crippen molar-refractivity contribution in [3.63, 3.8) is 0 Å². The molecule has 0 radical (unpaired) electrons. The predicted molar refractivity (Wildman–Crippen MR) is 116 cm³/mol. The number of carbonyl (C=O) groups is 2. The molecule has 1 saturated heterocycles. The lowest BCUT2D eigenvalue weighted by molar-refractivity contribution is -0.133. The van der Waals surface area contributed by atoms with Crippen molar-refractivity contribution in [2.45, 2.75) is 44.3 Å². The Balaban J connectivity index is 1.92. The highest BCUT2D eigenvalue weighted by molar-refractivity contribution is 7.99. The summed E-state index contributed by atoms with van der Waals surface area (Å²) in [5.41, 5.74) is 0. The molecule has 162 valence electrons. The molecule has 0 bridgehead atoms. The SMILES string of the molecule is CCCC(=O)N1CCN(c2cc(Cl)nc(SCC(=O)NCCCOC)n2)CC1C. The van der Waals surface area contributed by atoms with Gasteiger partial charge in [0, 0.05) is 58.4 Å². The number of rotatable bonds is 10. The van der Waals surface area contributed by atoms with Crippen LogP contribution in [0.15, 0.2) is 11.2 Å². The minimum atomic E-state index is -0.0760. The lowest BCUT2D eigenvalue weighted by Gasteiger charge is -2.40. The summed E-state index contributed by atoms with van der Waals surface area (Å²) in [6.45, 7) is 7.29. The van der Waals surface area contributed by atoms with Gasteiger partial charge in [-0.25, -0.2) is 9.97 Å². The first-order chi connectivity index (χ1) is 13.9. The van der Waals surface area contributed by atoms with Crippen LogP contribution in [-0.4, -0.2) is 78.4 Å². The number of aromatic nitrogens is 2. The van der Waals surface area contributed by atoms with Gasteiger partial charge in [0.1, 0.15) is 11.0 Å². The Hall–Kier alpha value is -1.58. The molecule has 1 aromatic rings. The van der Waals surface area contributed by atoms with Crippen LogP contribution in [0.1, 0.15) is 33.1 Å². The van der Waals surface area contributed by atoms with Gasteiger partial charge in [-0.15, -0.1) is 0 Å². The van der Waals surface area contributed by atoms with Crippen LogP contribution in [0.4, 0.5) is 5.82 Å². The molecule has 1 N–H and O–H groups in total. The molecular formula is C19H30ClN5O3S. The fourth-order valence-corrected chi connectivity index (χ4v) is 4.04. The van der Waals surface area contributed by atoms with Crippen LogP contribution in [-0.2, 0) is 14.3 Å². The Morgan fingerprint density at radius 2 is 2.17 bits per heavy atom. The molecule has 10 heteroatoms. The summed E-state index contributed by atoms with van der Waals surface area (Å²) >= 11 is 7.45. The van der Waals surface area contributed by atoms with Crippen LogP contribution in [0.25, 0.3) is 0 Å². The minimum absolute atomic E-state index is 0.0760. The van der Waals surface area contributed by atoms with E-state index in [-0.39, 0.29) is 23.6 Å². The molecule has 2 amide bonds. The number of nitrogens with one attached hydrogen (secondary N) is 1. The van der Waals surface area contributed by atoms with E-state index in [0.717, 1.165) is 18.7 Å². The summed E-state index contributed by atoms with van der Waals surface area (Å²) in [5.74, 6) is 1.08. The molecule has 0 saturated carbocycles. The van der Waals surface area contributed by atoms with Gasteiger partial charge in [-0.3, -0.25) is 9.59 Å². The Labute approximate surface area is 181 Å². The van der Waals surface area contributed by atoms with Crippen LogP contribution in [0, 0.1) is 0 Å². The highest BCUT2D eigenvalue weighted by atomic mass is 35.5. The zero-order valence-corrected chi connectivity index (χ0v) is 18.9. The summed E-state index contributed by atoms with van der Waals surface area (Å²) in [5, 5.41) is 3.65. The number of carbonyl (C=O) groups excluding carboxylic acids is 2. The molecule has 1 atom stereocenters. The zero-order valence-electron chi connectivity index (χ0n) is 17.3. The van der Waals surface area contributed by atoms with Gasteiger partial charge >= 0.3 is 0 Å². The zero-order chi connectivity index (χ0) is 21.2. The molecule has 0 aromatic carbocycles. The van der Waals surface area contributed by atoms with Crippen LogP contribution in [0.3, 0.4) is 0 Å². The highest BCUT2D eigenvalue weighted by Crippen LogP contribution is 2.24. The maximum Gasteiger partial charge on any atom is 0.230 e. The molecule has 1 aliphatic heterocycles. The first-order valence-electron chi connectivity index (χ1n) is 9.92. The Kier molecular flexibility index (Phi) is 9.96. The van der Waals surface area contributed by atoms with Crippen molar-refractivity contribution < 1.29 is 14.3 Å². The lowest BCUT2D eigenvalue weighted by atomic mass is 10.1. The number of nitrogens with zero attached hydrogens (tertiary/aromatic N) is 4. The van der Waals surface area contributed by atoms with Gasteiger partial charge in [-0.2, -0.15) is 0 Å². The first kappa shape index (κ1) is 23.7. The topological polar surface area (TPSA) is 87.7 Å². The summed E-state index contributed by atoms with van der Waals surface area (Å²) in [6.07, 6.45) is 2.21. The van der Waals surface area contributed by atoms with Crippen LogP contribution in [0.2, 0.25) is 5.15 Å². The molecule has 0 spiro atoms. The Morgan fingerprint density at radius 1 is 1.38 bits per heavy atom. The second-order valence-corrected chi connectivity index (χ2v) is 8.28. The van der Waals surface area contributed by atoms with E-state index in [4.69, 9.17) is 16.3 Å². The molecular weight excluding hydrogens is 414 g/mol. The third-order valence-corrected chi connectivity index (χ3v) is 5.62. The smallest absolute Gasteiger partial charge is 0.230 e. The summed E-state index contributed by atoms with van der Waals surface area (Å²) < 4.78 is 4.96. The monoisotopic (exact) mass is 443 g/mol. The number of methoxy groups -OCH3 is 1. The molecule has 0 aliphatic carbocycles. The highest BCUT2D eigenvalue weighted by Gasteiger charge is 2.28. The second-order valence-electron chi connectivity index (χ2n) is 6.95. The molecule has 8 nitrogen and oxygen atoms in total. The fraction of sp³-hybridized carbons (Fsp3) is 0.684. The summed E-state index contributed by atoms with van der Waals surface area (Å²) in [7, 11) is 1.63. The number of piperazine rings is 1. The molecule has 1 fully saturated rings. The van der Waals surface area contributed by atoms with Crippen LogP contribution in [0.5, 0.6) is 0 Å². The number of ether oxygens (including phenoxy) is 1. The van der Waals surface area contributed by atoms with Gasteiger partial charge in [-0.1, -0.05) is 30.3 Å². The maximum absolute atomic E-state index is 12.2.